The van der Waals surface area contributed by atoms with Gasteiger partial charge in [-0.05, 0) is 18.1 Å². The molecule has 0 amide bonds. The number of hydrogen-bond acceptors (Lipinski definition) is 4. The van der Waals surface area contributed by atoms with Gasteiger partial charge in [-0.3, -0.25) is 4.79 Å². The van der Waals surface area contributed by atoms with Gasteiger partial charge in [-0.2, -0.15) is 0 Å². The van der Waals surface area contributed by atoms with Crippen LogP contribution in [0.1, 0.15) is 6.42 Å². The number of nitrogens with two attached hydrogens (primary N) is 1. The zero-order valence-electron chi connectivity index (χ0n) is 7.88. The third-order valence-corrected chi connectivity index (χ3v) is 2.04. The number of carboxylic acid groups (broad SMARTS) is 1. The summed E-state index contributed by atoms with van der Waals surface area (Å²) in [5.41, 5.74) is 6.00. The molecular formula is C10H11NO4. The first kappa shape index (κ1) is 11.4. The first-order chi connectivity index (χ1) is 7.04. The van der Waals surface area contributed by atoms with Gasteiger partial charge >= 0.3 is 5.97 Å². The minimum atomic E-state index is -1.10. The highest BCUT2D eigenvalue weighted by Gasteiger charge is 2.17. The number of aliphatic carboxylic acids is 1. The van der Waals surface area contributed by atoms with Crippen LogP contribution in [0, 0.1) is 0 Å². The standard InChI is InChI=1S/C10H11NO4/c11-8(10(14)15)4-6-1-2-9(13)7(3-6)5-12/h1-3,8-9,13H,4,11H2,(H,14,15)/t8-,9?/m0/s1. The smallest absolute Gasteiger partial charge is 0.320 e. The highest BCUT2D eigenvalue weighted by molar-refractivity contribution is 5.74. The van der Waals surface area contributed by atoms with Crippen molar-refractivity contribution < 1.29 is 19.8 Å². The van der Waals surface area contributed by atoms with Crippen molar-refractivity contribution in [3.63, 3.8) is 0 Å². The van der Waals surface area contributed by atoms with Crippen molar-refractivity contribution in [1.82, 2.24) is 0 Å². The van der Waals surface area contributed by atoms with Gasteiger partial charge in [0.1, 0.15) is 18.1 Å². The Morgan fingerprint density at radius 3 is 2.87 bits per heavy atom. The summed E-state index contributed by atoms with van der Waals surface area (Å²) in [5.74, 6) is 0.482. The number of carboxylic acids is 1. The predicted octanol–water partition coefficient (Wildman–Crippen LogP) is -0.597. The maximum atomic E-state index is 10.5. The second-order valence-corrected chi connectivity index (χ2v) is 3.23. The molecule has 5 nitrogen and oxygen atoms in total. The van der Waals surface area contributed by atoms with Crippen molar-refractivity contribution in [3.8, 4) is 0 Å². The number of allylic oxidation sites excluding steroid dienone is 1. The molecule has 2 atom stereocenters. The third-order valence-electron chi connectivity index (χ3n) is 2.04. The van der Waals surface area contributed by atoms with Crippen molar-refractivity contribution in [2.75, 3.05) is 0 Å². The van der Waals surface area contributed by atoms with Crippen LogP contribution in [0.25, 0.3) is 0 Å². The van der Waals surface area contributed by atoms with E-state index in [-0.39, 0.29) is 12.0 Å². The molecule has 1 aliphatic rings. The van der Waals surface area contributed by atoms with E-state index in [0.717, 1.165) is 0 Å². The summed E-state index contributed by atoms with van der Waals surface area (Å²) in [6.07, 6.45) is 3.50. The van der Waals surface area contributed by atoms with E-state index in [9.17, 15) is 14.7 Å². The number of rotatable bonds is 3. The van der Waals surface area contributed by atoms with Gasteiger partial charge in [0.15, 0.2) is 0 Å². The fraction of sp³-hybridized carbons (Fsp3) is 0.300. The number of hydrogen-bond donors (Lipinski definition) is 3. The van der Waals surface area contributed by atoms with Gasteiger partial charge < -0.3 is 15.9 Å². The maximum Gasteiger partial charge on any atom is 0.320 e. The molecule has 1 unspecified atom stereocenters. The lowest BCUT2D eigenvalue weighted by Gasteiger charge is -2.13. The Morgan fingerprint density at radius 2 is 2.33 bits per heavy atom. The van der Waals surface area contributed by atoms with Gasteiger partial charge in [-0.1, -0.05) is 12.2 Å². The van der Waals surface area contributed by atoms with Crippen LogP contribution in [0.3, 0.4) is 0 Å². The Morgan fingerprint density at radius 1 is 1.67 bits per heavy atom. The van der Waals surface area contributed by atoms with Crippen LogP contribution in [-0.2, 0) is 9.59 Å². The zero-order valence-corrected chi connectivity index (χ0v) is 7.88. The normalized spacial score (nSPS) is 21.9. The molecule has 1 rings (SSSR count). The van der Waals surface area contributed by atoms with E-state index in [1.54, 1.807) is 12.0 Å². The summed E-state index contributed by atoms with van der Waals surface area (Å²) in [7, 11) is 0. The fourth-order valence-electron chi connectivity index (χ4n) is 1.21. The van der Waals surface area contributed by atoms with Crippen molar-refractivity contribution in [1.29, 1.82) is 0 Å². The van der Waals surface area contributed by atoms with Crippen LogP contribution in [0.15, 0.2) is 29.4 Å². The Bertz CT molecular complexity index is 377. The molecule has 0 radical (unpaired) electrons. The lowest BCUT2D eigenvalue weighted by atomic mass is 9.96. The van der Waals surface area contributed by atoms with Crippen LogP contribution >= 0.6 is 0 Å². The van der Waals surface area contributed by atoms with Crippen LogP contribution in [-0.4, -0.2) is 34.3 Å². The highest BCUT2D eigenvalue weighted by Crippen LogP contribution is 2.17. The molecule has 15 heavy (non-hydrogen) atoms. The van der Waals surface area contributed by atoms with E-state index >= 15 is 0 Å². The summed E-state index contributed by atoms with van der Waals surface area (Å²) < 4.78 is 0. The molecule has 0 aromatic heterocycles. The molecule has 0 spiro atoms. The summed E-state index contributed by atoms with van der Waals surface area (Å²) >= 11 is 0. The topological polar surface area (TPSA) is 101 Å². The summed E-state index contributed by atoms with van der Waals surface area (Å²) in [4.78, 5) is 20.9. The quantitative estimate of drug-likeness (QED) is 0.539. The summed E-state index contributed by atoms with van der Waals surface area (Å²) in [6.45, 7) is 0. The third kappa shape index (κ3) is 2.89. The first-order valence-corrected chi connectivity index (χ1v) is 4.35. The number of carbonyl (C=O) groups is 1. The lowest BCUT2D eigenvalue weighted by Crippen LogP contribution is -2.30. The fourth-order valence-corrected chi connectivity index (χ4v) is 1.21. The van der Waals surface area contributed by atoms with Gasteiger partial charge in [0.2, 0.25) is 0 Å². The molecule has 4 N–H and O–H groups in total. The SMILES string of the molecule is N[C@@H](CC1=CC(=C=O)C(O)C=C1)C(=O)O. The Hall–Kier alpha value is -1.68. The molecule has 0 saturated carbocycles. The van der Waals surface area contributed by atoms with Crippen molar-refractivity contribution >= 4 is 11.9 Å². The number of aliphatic hydroxyl groups excluding tert-OH is 1. The Kier molecular flexibility index (Phi) is 3.57. The Balaban J connectivity index is 2.77. The molecule has 0 fully saturated rings. The molecule has 80 valence electrons. The van der Waals surface area contributed by atoms with Gasteiger partial charge in [-0.25, -0.2) is 4.79 Å². The van der Waals surface area contributed by atoms with Crippen molar-refractivity contribution in [2.24, 2.45) is 5.73 Å². The zero-order chi connectivity index (χ0) is 11.4. The van der Waals surface area contributed by atoms with Crippen LogP contribution in [0.2, 0.25) is 0 Å². The molecule has 5 heteroatoms. The maximum absolute atomic E-state index is 10.5. The summed E-state index contributed by atoms with van der Waals surface area (Å²) in [6, 6.07) is -1.01. The molecule has 0 bridgehead atoms. The van der Waals surface area contributed by atoms with Gasteiger partial charge in [0.25, 0.3) is 0 Å². The molecule has 0 aromatic carbocycles. The predicted molar refractivity (Wildman–Crippen MR) is 52.7 cm³/mol. The van der Waals surface area contributed by atoms with Gasteiger partial charge in [0.05, 0.1) is 5.57 Å². The molecule has 1 aliphatic carbocycles. The number of aliphatic hydroxyl groups is 1. The second kappa shape index (κ2) is 4.70. The van der Waals surface area contributed by atoms with Gasteiger partial charge in [-0.15, -0.1) is 0 Å². The van der Waals surface area contributed by atoms with Crippen molar-refractivity contribution in [3.05, 3.63) is 29.4 Å². The van der Waals surface area contributed by atoms with Crippen molar-refractivity contribution in [2.45, 2.75) is 18.6 Å². The van der Waals surface area contributed by atoms with E-state index < -0.39 is 18.1 Å². The molecule has 0 aromatic rings. The number of carbonyl (C=O) groups excluding carboxylic acids is 1. The molecular weight excluding hydrogens is 198 g/mol. The van der Waals surface area contributed by atoms with Gasteiger partial charge in [0, 0.05) is 0 Å². The summed E-state index contributed by atoms with van der Waals surface area (Å²) in [5, 5.41) is 17.8. The Labute approximate surface area is 86.2 Å². The molecule has 0 aliphatic heterocycles. The van der Waals surface area contributed by atoms with E-state index in [2.05, 4.69) is 0 Å². The van der Waals surface area contributed by atoms with E-state index in [4.69, 9.17) is 10.8 Å². The largest absolute Gasteiger partial charge is 0.480 e. The minimum absolute atomic E-state index is 0.0880. The average molecular weight is 209 g/mol. The van der Waals surface area contributed by atoms with E-state index in [1.807, 2.05) is 0 Å². The average Bonchev–Trinajstić information content (AvgIpc) is 2.20. The minimum Gasteiger partial charge on any atom is -0.480 e. The van der Waals surface area contributed by atoms with Crippen LogP contribution < -0.4 is 5.73 Å². The molecule has 0 heterocycles. The molecule has 0 saturated heterocycles. The lowest BCUT2D eigenvalue weighted by molar-refractivity contribution is -0.138. The second-order valence-electron chi connectivity index (χ2n) is 3.23. The van der Waals surface area contributed by atoms with Crippen LogP contribution in [0.5, 0.6) is 0 Å². The van der Waals surface area contributed by atoms with E-state index in [1.165, 1.54) is 12.2 Å². The van der Waals surface area contributed by atoms with Crippen LogP contribution in [0.4, 0.5) is 0 Å². The van der Waals surface area contributed by atoms with E-state index in [0.29, 0.717) is 5.57 Å². The first-order valence-electron chi connectivity index (χ1n) is 4.35. The highest BCUT2D eigenvalue weighted by atomic mass is 16.4. The monoisotopic (exact) mass is 209 g/mol.